The van der Waals surface area contributed by atoms with E-state index in [9.17, 15) is 14.4 Å². The first-order chi connectivity index (χ1) is 14.6. The lowest BCUT2D eigenvalue weighted by atomic mass is 9.75. The molecular formula is C24H25NO5. The molecule has 2 aliphatic rings. The number of carbonyl (C=O) groups excluding carboxylic acids is 3. The van der Waals surface area contributed by atoms with Crippen molar-refractivity contribution in [1.29, 1.82) is 0 Å². The van der Waals surface area contributed by atoms with Crippen LogP contribution >= 0.6 is 0 Å². The van der Waals surface area contributed by atoms with Crippen LogP contribution in [0.2, 0.25) is 0 Å². The standard InChI is InChI=1S/C24H25NO5/c1-29-19-11-9-18(10-12-19)25-20(26)14-30-24(28)22-17-8-7-16(13-17)21(22)23(27)15-5-3-2-4-6-15/h2-6,9-12,16-17,21-22H,7-8,13-14H2,1H3,(H,25,26)/t16-,17-,21+,22-/m1/s1. The summed E-state index contributed by atoms with van der Waals surface area (Å²) in [4.78, 5) is 38.1. The van der Waals surface area contributed by atoms with Gasteiger partial charge in [-0.05, 0) is 55.4 Å². The van der Waals surface area contributed by atoms with Crippen molar-refractivity contribution in [2.45, 2.75) is 19.3 Å². The Hall–Kier alpha value is -3.15. The molecule has 2 saturated carbocycles. The van der Waals surface area contributed by atoms with E-state index in [4.69, 9.17) is 9.47 Å². The molecule has 0 saturated heterocycles. The smallest absolute Gasteiger partial charge is 0.310 e. The van der Waals surface area contributed by atoms with Gasteiger partial charge in [-0.3, -0.25) is 14.4 Å². The van der Waals surface area contributed by atoms with Crippen molar-refractivity contribution >= 4 is 23.3 Å². The Bertz CT molecular complexity index is 924. The predicted molar refractivity (Wildman–Crippen MR) is 111 cm³/mol. The molecule has 1 N–H and O–H groups in total. The molecule has 2 aliphatic carbocycles. The molecule has 2 aromatic carbocycles. The summed E-state index contributed by atoms with van der Waals surface area (Å²) in [5.74, 6) is -0.618. The summed E-state index contributed by atoms with van der Waals surface area (Å²) in [5.41, 5.74) is 1.22. The van der Waals surface area contributed by atoms with Gasteiger partial charge in [0.25, 0.3) is 5.91 Å². The molecule has 2 bridgehead atoms. The minimum absolute atomic E-state index is 0.00688. The van der Waals surface area contributed by atoms with Crippen LogP contribution in [0.15, 0.2) is 54.6 Å². The van der Waals surface area contributed by atoms with Gasteiger partial charge in [-0.2, -0.15) is 0 Å². The van der Waals surface area contributed by atoms with Crippen LogP contribution in [0.3, 0.4) is 0 Å². The lowest BCUT2D eigenvalue weighted by Crippen LogP contribution is -2.37. The van der Waals surface area contributed by atoms with Crippen molar-refractivity contribution in [3.05, 3.63) is 60.2 Å². The summed E-state index contributed by atoms with van der Waals surface area (Å²) in [7, 11) is 1.57. The average molecular weight is 407 g/mol. The third-order valence-electron chi connectivity index (χ3n) is 6.27. The zero-order valence-corrected chi connectivity index (χ0v) is 16.9. The summed E-state index contributed by atoms with van der Waals surface area (Å²) >= 11 is 0. The van der Waals surface area contributed by atoms with Crippen LogP contribution in [-0.2, 0) is 14.3 Å². The number of ether oxygens (including phenoxy) is 2. The Morgan fingerprint density at radius 3 is 2.27 bits per heavy atom. The molecule has 0 aliphatic heterocycles. The number of carbonyl (C=O) groups is 3. The highest BCUT2D eigenvalue weighted by Gasteiger charge is 2.54. The van der Waals surface area contributed by atoms with Gasteiger partial charge < -0.3 is 14.8 Å². The lowest BCUT2D eigenvalue weighted by molar-refractivity contribution is -0.154. The SMILES string of the molecule is COc1ccc(NC(=O)COC(=O)[C@@H]2[C@@H]3CC[C@H](C3)[C@@H]2C(=O)c2ccccc2)cc1. The number of fused-ring (bicyclic) bond motifs is 2. The van der Waals surface area contributed by atoms with E-state index in [0.29, 0.717) is 17.0 Å². The highest BCUT2D eigenvalue weighted by atomic mass is 16.5. The Balaban J connectivity index is 1.38. The molecular weight excluding hydrogens is 382 g/mol. The van der Waals surface area contributed by atoms with Gasteiger partial charge in [-0.1, -0.05) is 30.3 Å². The van der Waals surface area contributed by atoms with E-state index < -0.39 is 17.8 Å². The first kappa shape index (κ1) is 20.1. The van der Waals surface area contributed by atoms with Crippen LogP contribution in [0, 0.1) is 23.7 Å². The Kier molecular flexibility index (Phi) is 5.84. The Morgan fingerprint density at radius 1 is 0.933 bits per heavy atom. The number of anilines is 1. The third kappa shape index (κ3) is 4.08. The quantitative estimate of drug-likeness (QED) is 0.559. The summed E-state index contributed by atoms with van der Waals surface area (Å²) < 4.78 is 10.4. The van der Waals surface area contributed by atoms with Crippen molar-refractivity contribution in [3.63, 3.8) is 0 Å². The highest BCUT2D eigenvalue weighted by molar-refractivity contribution is 6.01. The Morgan fingerprint density at radius 2 is 1.60 bits per heavy atom. The van der Waals surface area contributed by atoms with Gasteiger partial charge in [0.05, 0.1) is 13.0 Å². The highest BCUT2D eigenvalue weighted by Crippen LogP contribution is 2.53. The van der Waals surface area contributed by atoms with Gasteiger partial charge in [-0.15, -0.1) is 0 Å². The molecule has 0 aromatic heterocycles. The van der Waals surface area contributed by atoms with E-state index in [1.165, 1.54) is 0 Å². The number of amides is 1. The van der Waals surface area contributed by atoms with Crippen molar-refractivity contribution in [3.8, 4) is 5.75 Å². The molecule has 2 fully saturated rings. The first-order valence-electron chi connectivity index (χ1n) is 10.3. The van der Waals surface area contributed by atoms with Crippen LogP contribution < -0.4 is 10.1 Å². The zero-order valence-electron chi connectivity index (χ0n) is 16.9. The number of methoxy groups -OCH3 is 1. The number of nitrogens with one attached hydrogen (secondary N) is 1. The van der Waals surface area contributed by atoms with Gasteiger partial charge in [0.2, 0.25) is 0 Å². The van der Waals surface area contributed by atoms with Crippen LogP contribution in [0.5, 0.6) is 5.75 Å². The number of hydrogen-bond donors (Lipinski definition) is 1. The third-order valence-corrected chi connectivity index (χ3v) is 6.27. The predicted octanol–water partition coefficient (Wildman–Crippen LogP) is 3.72. The summed E-state index contributed by atoms with van der Waals surface area (Å²) in [5, 5.41) is 2.69. The minimum Gasteiger partial charge on any atom is -0.497 e. The van der Waals surface area contributed by atoms with E-state index in [0.717, 1.165) is 19.3 Å². The van der Waals surface area contributed by atoms with Crippen molar-refractivity contribution in [2.24, 2.45) is 23.7 Å². The fourth-order valence-corrected chi connectivity index (χ4v) is 4.91. The van der Waals surface area contributed by atoms with Crippen LogP contribution in [0.25, 0.3) is 0 Å². The molecule has 4 rings (SSSR count). The maximum absolute atomic E-state index is 13.1. The molecule has 6 heteroatoms. The summed E-state index contributed by atoms with van der Waals surface area (Å²) in [6.45, 7) is -0.370. The molecule has 0 heterocycles. The fourth-order valence-electron chi connectivity index (χ4n) is 4.91. The first-order valence-corrected chi connectivity index (χ1v) is 10.3. The molecule has 6 nitrogen and oxygen atoms in total. The van der Waals surface area contributed by atoms with E-state index in [2.05, 4.69) is 5.32 Å². The number of Topliss-reactive ketones (excluding diaryl/α,β-unsaturated/α-hetero) is 1. The molecule has 0 radical (unpaired) electrons. The van der Waals surface area contributed by atoms with Crippen LogP contribution in [-0.4, -0.2) is 31.4 Å². The molecule has 2 aromatic rings. The maximum Gasteiger partial charge on any atom is 0.310 e. The van der Waals surface area contributed by atoms with E-state index in [1.807, 2.05) is 18.2 Å². The second-order valence-electron chi connectivity index (χ2n) is 8.00. The van der Waals surface area contributed by atoms with Gasteiger partial charge in [-0.25, -0.2) is 0 Å². The van der Waals surface area contributed by atoms with E-state index >= 15 is 0 Å². The van der Waals surface area contributed by atoms with Crippen molar-refractivity contribution in [1.82, 2.24) is 0 Å². The number of benzene rings is 2. The van der Waals surface area contributed by atoms with Crippen LogP contribution in [0.4, 0.5) is 5.69 Å². The Labute approximate surface area is 175 Å². The molecule has 0 spiro atoms. The molecule has 30 heavy (non-hydrogen) atoms. The fraction of sp³-hybridized carbons (Fsp3) is 0.375. The summed E-state index contributed by atoms with van der Waals surface area (Å²) in [6.07, 6.45) is 2.78. The minimum atomic E-state index is -0.467. The number of hydrogen-bond acceptors (Lipinski definition) is 5. The number of rotatable bonds is 7. The monoisotopic (exact) mass is 407 g/mol. The maximum atomic E-state index is 13.1. The molecule has 156 valence electrons. The van der Waals surface area contributed by atoms with Crippen LogP contribution in [0.1, 0.15) is 29.6 Å². The van der Waals surface area contributed by atoms with Gasteiger partial charge in [0.15, 0.2) is 12.4 Å². The number of ketones is 1. The topological polar surface area (TPSA) is 81.7 Å². The van der Waals surface area contributed by atoms with Gasteiger partial charge in [0, 0.05) is 17.2 Å². The number of esters is 1. The normalized spacial score (nSPS) is 24.3. The van der Waals surface area contributed by atoms with E-state index in [-0.39, 0.29) is 30.1 Å². The molecule has 1 amide bonds. The van der Waals surface area contributed by atoms with Gasteiger partial charge >= 0.3 is 5.97 Å². The van der Waals surface area contributed by atoms with Crippen molar-refractivity contribution < 1.29 is 23.9 Å². The zero-order chi connectivity index (χ0) is 21.1. The largest absolute Gasteiger partial charge is 0.497 e. The second kappa shape index (κ2) is 8.69. The molecule has 4 atom stereocenters. The molecule has 0 unspecified atom stereocenters. The van der Waals surface area contributed by atoms with Gasteiger partial charge in [0.1, 0.15) is 5.75 Å². The van der Waals surface area contributed by atoms with Crippen molar-refractivity contribution in [2.75, 3.05) is 19.0 Å². The lowest BCUT2D eigenvalue weighted by Gasteiger charge is -2.28. The second-order valence-corrected chi connectivity index (χ2v) is 8.00. The average Bonchev–Trinajstić information content (AvgIpc) is 3.40. The van der Waals surface area contributed by atoms with E-state index in [1.54, 1.807) is 43.5 Å². The summed E-state index contributed by atoms with van der Waals surface area (Å²) in [6, 6.07) is 16.0.